The summed E-state index contributed by atoms with van der Waals surface area (Å²) in [5.41, 5.74) is 3.93. The van der Waals surface area contributed by atoms with Crippen LogP contribution in [0, 0.1) is 13.8 Å². The standard InChI is InChI=1S/C22H30NO.BrH/c1-19-10-9-11-20(2)22(19)24-17-16-23(14-7-4-8-15-23)18-21-12-5-3-6-13-21;/h3,5-6,9-13H,4,7-8,14-18H2,1-2H3;1H/q+1;/p-1. The molecule has 1 saturated heterocycles. The molecule has 0 unspecified atom stereocenters. The number of rotatable bonds is 6. The molecule has 0 aliphatic carbocycles. The molecule has 25 heavy (non-hydrogen) atoms. The van der Waals surface area contributed by atoms with Crippen molar-refractivity contribution < 1.29 is 26.2 Å². The molecule has 0 N–H and O–H groups in total. The number of quaternary nitrogens is 1. The van der Waals surface area contributed by atoms with Gasteiger partial charge in [0.05, 0.1) is 13.1 Å². The summed E-state index contributed by atoms with van der Waals surface area (Å²) in [5, 5.41) is 0. The van der Waals surface area contributed by atoms with Crippen LogP contribution in [0.5, 0.6) is 5.75 Å². The molecule has 0 aromatic heterocycles. The van der Waals surface area contributed by atoms with Crippen molar-refractivity contribution in [3.63, 3.8) is 0 Å². The van der Waals surface area contributed by atoms with Crippen LogP contribution < -0.4 is 21.7 Å². The van der Waals surface area contributed by atoms with Crippen LogP contribution >= 0.6 is 0 Å². The molecule has 1 aliphatic heterocycles. The number of aryl methyl sites for hydroxylation is 2. The predicted molar refractivity (Wildman–Crippen MR) is 100 cm³/mol. The minimum atomic E-state index is 0. The van der Waals surface area contributed by atoms with E-state index in [1.54, 1.807) is 0 Å². The van der Waals surface area contributed by atoms with Crippen LogP contribution in [-0.2, 0) is 6.54 Å². The van der Waals surface area contributed by atoms with Gasteiger partial charge in [0.25, 0.3) is 0 Å². The van der Waals surface area contributed by atoms with Gasteiger partial charge in [0, 0.05) is 5.56 Å². The number of benzene rings is 2. The summed E-state index contributed by atoms with van der Waals surface area (Å²) in [6.45, 7) is 9.88. The summed E-state index contributed by atoms with van der Waals surface area (Å²) in [6, 6.07) is 17.3. The first kappa shape index (κ1) is 20.0. The normalized spacial score (nSPS) is 16.1. The number of nitrogens with zero attached hydrogens (tertiary/aromatic N) is 1. The molecule has 1 heterocycles. The molecule has 1 fully saturated rings. The van der Waals surface area contributed by atoms with Gasteiger partial charge in [-0.05, 0) is 44.2 Å². The first-order valence-corrected chi connectivity index (χ1v) is 9.27. The third-order valence-electron chi connectivity index (χ3n) is 5.35. The van der Waals surface area contributed by atoms with E-state index in [-0.39, 0.29) is 17.0 Å². The smallest absolute Gasteiger partial charge is 0.137 e. The predicted octanol–water partition coefficient (Wildman–Crippen LogP) is 1.89. The monoisotopic (exact) mass is 403 g/mol. The van der Waals surface area contributed by atoms with Gasteiger partial charge in [0.15, 0.2) is 0 Å². The molecule has 2 nitrogen and oxygen atoms in total. The molecule has 0 radical (unpaired) electrons. The lowest BCUT2D eigenvalue weighted by Crippen LogP contribution is -3.00. The third-order valence-corrected chi connectivity index (χ3v) is 5.35. The van der Waals surface area contributed by atoms with Gasteiger partial charge in [0.2, 0.25) is 0 Å². The molecule has 3 heteroatoms. The molecular formula is C22H30BrNO. The number of ether oxygens (including phenoxy) is 1. The van der Waals surface area contributed by atoms with Gasteiger partial charge in [-0.3, -0.25) is 0 Å². The molecule has 136 valence electrons. The van der Waals surface area contributed by atoms with E-state index in [1.807, 2.05) is 0 Å². The van der Waals surface area contributed by atoms with Crippen molar-refractivity contribution in [2.75, 3.05) is 26.2 Å². The van der Waals surface area contributed by atoms with Gasteiger partial charge in [-0.1, -0.05) is 48.5 Å². The topological polar surface area (TPSA) is 9.23 Å². The summed E-state index contributed by atoms with van der Waals surface area (Å²) in [5.74, 6) is 1.08. The fraction of sp³-hybridized carbons (Fsp3) is 0.455. The molecule has 3 rings (SSSR count). The Morgan fingerprint density at radius 3 is 2.12 bits per heavy atom. The highest BCUT2D eigenvalue weighted by Crippen LogP contribution is 2.25. The van der Waals surface area contributed by atoms with E-state index in [4.69, 9.17) is 4.74 Å². The van der Waals surface area contributed by atoms with E-state index < -0.39 is 0 Å². The van der Waals surface area contributed by atoms with Gasteiger partial charge in [-0.2, -0.15) is 0 Å². The lowest BCUT2D eigenvalue weighted by Gasteiger charge is -2.41. The molecule has 0 bridgehead atoms. The van der Waals surface area contributed by atoms with Gasteiger partial charge < -0.3 is 26.2 Å². The Hall–Kier alpha value is -1.32. The van der Waals surface area contributed by atoms with Crippen LogP contribution in [0.3, 0.4) is 0 Å². The summed E-state index contributed by atoms with van der Waals surface area (Å²) < 4.78 is 7.39. The molecule has 2 aromatic carbocycles. The Bertz CT molecular complexity index is 630. The summed E-state index contributed by atoms with van der Waals surface area (Å²) in [6.07, 6.45) is 4.07. The maximum absolute atomic E-state index is 6.22. The highest BCUT2D eigenvalue weighted by molar-refractivity contribution is 5.39. The SMILES string of the molecule is Cc1cccc(C)c1OCC[N+]1(Cc2ccccc2)CCCCC1.[Br-]. The van der Waals surface area contributed by atoms with Crippen LogP contribution in [-0.4, -0.2) is 30.7 Å². The minimum Gasteiger partial charge on any atom is -1.00 e. The van der Waals surface area contributed by atoms with Crippen molar-refractivity contribution in [3.8, 4) is 5.75 Å². The number of para-hydroxylation sites is 1. The lowest BCUT2D eigenvalue weighted by atomic mass is 10.1. The van der Waals surface area contributed by atoms with E-state index in [1.165, 1.54) is 53.5 Å². The van der Waals surface area contributed by atoms with E-state index in [0.717, 1.165) is 25.4 Å². The highest BCUT2D eigenvalue weighted by Gasteiger charge is 2.30. The zero-order chi connectivity index (χ0) is 16.8. The number of likely N-dealkylation sites (tertiary alicyclic amines) is 1. The van der Waals surface area contributed by atoms with E-state index >= 15 is 0 Å². The van der Waals surface area contributed by atoms with Crippen LogP contribution in [0.2, 0.25) is 0 Å². The van der Waals surface area contributed by atoms with E-state index in [2.05, 4.69) is 62.4 Å². The van der Waals surface area contributed by atoms with Crippen LogP contribution in [0.15, 0.2) is 48.5 Å². The minimum absolute atomic E-state index is 0. The Labute approximate surface area is 163 Å². The quantitative estimate of drug-likeness (QED) is 0.669. The fourth-order valence-electron chi connectivity index (χ4n) is 3.98. The molecular weight excluding hydrogens is 374 g/mol. The lowest BCUT2D eigenvalue weighted by molar-refractivity contribution is -0.945. The van der Waals surface area contributed by atoms with Gasteiger partial charge >= 0.3 is 0 Å². The zero-order valence-electron chi connectivity index (χ0n) is 15.5. The third kappa shape index (κ3) is 5.32. The van der Waals surface area contributed by atoms with Gasteiger partial charge in [-0.15, -0.1) is 0 Å². The van der Waals surface area contributed by atoms with Crippen molar-refractivity contribution >= 4 is 0 Å². The molecule has 0 saturated carbocycles. The first-order chi connectivity index (χ1) is 11.7. The molecule has 0 spiro atoms. The number of halogens is 1. The average Bonchev–Trinajstić information content (AvgIpc) is 2.59. The van der Waals surface area contributed by atoms with Crippen LogP contribution in [0.1, 0.15) is 36.0 Å². The van der Waals surface area contributed by atoms with E-state index in [9.17, 15) is 0 Å². The van der Waals surface area contributed by atoms with E-state index in [0.29, 0.717) is 0 Å². The van der Waals surface area contributed by atoms with Crippen molar-refractivity contribution in [1.82, 2.24) is 0 Å². The van der Waals surface area contributed by atoms with Crippen molar-refractivity contribution in [2.24, 2.45) is 0 Å². The largest absolute Gasteiger partial charge is 1.00 e. The van der Waals surface area contributed by atoms with Crippen molar-refractivity contribution in [1.29, 1.82) is 0 Å². The second-order valence-electron chi connectivity index (χ2n) is 7.29. The second kappa shape index (κ2) is 9.40. The summed E-state index contributed by atoms with van der Waals surface area (Å²) >= 11 is 0. The zero-order valence-corrected chi connectivity index (χ0v) is 17.1. The van der Waals surface area contributed by atoms with Crippen LogP contribution in [0.4, 0.5) is 0 Å². The number of piperidine rings is 1. The molecule has 2 aromatic rings. The number of hydrogen-bond acceptors (Lipinski definition) is 1. The summed E-state index contributed by atoms with van der Waals surface area (Å²) in [7, 11) is 0. The Morgan fingerprint density at radius 2 is 1.48 bits per heavy atom. The second-order valence-corrected chi connectivity index (χ2v) is 7.29. The molecule has 0 atom stereocenters. The first-order valence-electron chi connectivity index (χ1n) is 9.27. The Morgan fingerprint density at radius 1 is 0.840 bits per heavy atom. The summed E-state index contributed by atoms with van der Waals surface area (Å²) in [4.78, 5) is 0. The van der Waals surface area contributed by atoms with Crippen molar-refractivity contribution in [2.45, 2.75) is 39.7 Å². The molecule has 1 aliphatic rings. The maximum Gasteiger partial charge on any atom is 0.137 e. The fourth-order valence-corrected chi connectivity index (χ4v) is 3.98. The average molecular weight is 404 g/mol. The maximum atomic E-state index is 6.22. The van der Waals surface area contributed by atoms with Gasteiger partial charge in [-0.25, -0.2) is 0 Å². The Balaban J connectivity index is 0.00000225. The van der Waals surface area contributed by atoms with Crippen molar-refractivity contribution in [3.05, 3.63) is 65.2 Å². The Kier molecular flexibility index (Phi) is 7.52. The van der Waals surface area contributed by atoms with Gasteiger partial charge in [0.1, 0.15) is 25.4 Å². The number of hydrogen-bond donors (Lipinski definition) is 0. The van der Waals surface area contributed by atoms with Crippen LogP contribution in [0.25, 0.3) is 0 Å². The highest BCUT2D eigenvalue weighted by atomic mass is 79.9. The molecule has 0 amide bonds.